The predicted molar refractivity (Wildman–Crippen MR) is 103 cm³/mol. The molecule has 0 saturated carbocycles. The second-order valence-corrected chi connectivity index (χ2v) is 8.79. The summed E-state index contributed by atoms with van der Waals surface area (Å²) in [6.07, 6.45) is 0.522. The number of piperidine rings is 1. The normalized spacial score (nSPS) is 16.4. The molecule has 1 fully saturated rings. The van der Waals surface area contributed by atoms with Crippen LogP contribution in [0.4, 0.5) is 19.0 Å². The Morgan fingerprint density at radius 2 is 1.79 bits per heavy atom. The van der Waals surface area contributed by atoms with Crippen LogP contribution < -0.4 is 4.90 Å². The van der Waals surface area contributed by atoms with E-state index in [9.17, 15) is 21.6 Å². The minimum Gasteiger partial charge on any atom is -0.356 e. The van der Waals surface area contributed by atoms with E-state index in [1.807, 2.05) is 0 Å². The van der Waals surface area contributed by atoms with E-state index in [0.717, 1.165) is 6.07 Å². The first-order chi connectivity index (χ1) is 13.6. The van der Waals surface area contributed by atoms with Crippen LogP contribution in [0.2, 0.25) is 0 Å². The Morgan fingerprint density at radius 3 is 2.31 bits per heavy atom. The van der Waals surface area contributed by atoms with E-state index in [4.69, 9.17) is 0 Å². The van der Waals surface area contributed by atoms with Gasteiger partial charge in [-0.15, -0.1) is 0 Å². The molecule has 3 heterocycles. The number of rotatable bonds is 5. The molecule has 1 aliphatic heterocycles. The van der Waals surface area contributed by atoms with Crippen LogP contribution in [-0.2, 0) is 16.2 Å². The first-order valence-electron chi connectivity index (χ1n) is 9.18. The average molecular weight is 429 g/mol. The monoisotopic (exact) mass is 429 g/mol. The highest BCUT2D eigenvalue weighted by Gasteiger charge is 2.35. The van der Waals surface area contributed by atoms with Gasteiger partial charge in [0.1, 0.15) is 5.82 Å². The highest BCUT2D eigenvalue weighted by atomic mass is 32.2. The summed E-state index contributed by atoms with van der Waals surface area (Å²) < 4.78 is 65.4. The van der Waals surface area contributed by atoms with Crippen LogP contribution in [0.25, 0.3) is 11.4 Å². The molecule has 0 N–H and O–H groups in total. The molecule has 2 aromatic rings. The highest BCUT2D eigenvalue weighted by molar-refractivity contribution is 7.88. The molecule has 0 aliphatic carbocycles. The van der Waals surface area contributed by atoms with Crippen molar-refractivity contribution >= 4 is 15.8 Å². The van der Waals surface area contributed by atoms with Gasteiger partial charge >= 0.3 is 6.18 Å². The standard InChI is InChI=1S/C18H22F3N5O2S/c1-3-26(29(2,27)28)14-6-10-25(11-7-14)16-12-15(18(19,20)21)23-17(24-16)13-4-8-22-9-5-13/h4-5,8-9,12,14H,3,6-7,10-11H2,1-2H3. The molecule has 0 radical (unpaired) electrons. The Kier molecular flexibility index (Phi) is 6.08. The van der Waals surface area contributed by atoms with Gasteiger partial charge in [-0.3, -0.25) is 4.98 Å². The third kappa shape index (κ3) is 5.02. The van der Waals surface area contributed by atoms with Crippen LogP contribution in [-0.4, -0.2) is 59.6 Å². The first-order valence-corrected chi connectivity index (χ1v) is 11.0. The molecule has 29 heavy (non-hydrogen) atoms. The van der Waals surface area contributed by atoms with Crippen LogP contribution in [0.3, 0.4) is 0 Å². The molecule has 0 aromatic carbocycles. The molecule has 11 heteroatoms. The first kappa shape index (κ1) is 21.4. The predicted octanol–water partition coefficient (Wildman–Crippen LogP) is 2.81. The summed E-state index contributed by atoms with van der Waals surface area (Å²) in [5.41, 5.74) is -0.570. The maximum Gasteiger partial charge on any atom is 0.433 e. The number of hydrogen-bond acceptors (Lipinski definition) is 6. The third-order valence-corrected chi connectivity index (χ3v) is 6.28. The molecule has 0 bridgehead atoms. The molecule has 0 atom stereocenters. The largest absolute Gasteiger partial charge is 0.433 e. The van der Waals surface area contributed by atoms with Crippen molar-refractivity contribution in [2.45, 2.75) is 32.0 Å². The number of hydrogen-bond donors (Lipinski definition) is 0. The third-order valence-electron chi connectivity index (χ3n) is 4.87. The Bertz CT molecular complexity index is 946. The van der Waals surface area contributed by atoms with E-state index in [2.05, 4.69) is 15.0 Å². The molecule has 0 unspecified atom stereocenters. The number of sulfonamides is 1. The molecule has 1 aliphatic rings. The Labute approximate surface area is 167 Å². The van der Waals surface area contributed by atoms with E-state index in [0.29, 0.717) is 38.0 Å². The SMILES string of the molecule is CCN(C1CCN(c2cc(C(F)(F)F)nc(-c3ccncc3)n2)CC1)S(C)(=O)=O. The number of nitrogens with zero attached hydrogens (tertiary/aromatic N) is 5. The van der Waals surface area contributed by atoms with Crippen LogP contribution in [0.5, 0.6) is 0 Å². The summed E-state index contributed by atoms with van der Waals surface area (Å²) in [5.74, 6) is 0.158. The molecule has 158 valence electrons. The lowest BCUT2D eigenvalue weighted by Crippen LogP contribution is -2.47. The zero-order valence-electron chi connectivity index (χ0n) is 16.1. The molecule has 2 aromatic heterocycles. The number of anilines is 1. The van der Waals surface area contributed by atoms with Gasteiger partial charge in [0.25, 0.3) is 0 Å². The fraction of sp³-hybridized carbons (Fsp3) is 0.500. The molecular formula is C18H22F3N5O2S. The van der Waals surface area contributed by atoms with E-state index < -0.39 is 21.9 Å². The smallest absolute Gasteiger partial charge is 0.356 e. The maximum absolute atomic E-state index is 13.4. The quantitative estimate of drug-likeness (QED) is 0.727. The van der Waals surface area contributed by atoms with Crippen molar-refractivity contribution in [1.82, 2.24) is 19.3 Å². The van der Waals surface area contributed by atoms with Crippen molar-refractivity contribution in [3.05, 3.63) is 36.3 Å². The van der Waals surface area contributed by atoms with Crippen molar-refractivity contribution in [3.8, 4) is 11.4 Å². The van der Waals surface area contributed by atoms with Crippen LogP contribution in [0, 0.1) is 0 Å². The minimum atomic E-state index is -4.60. The van der Waals surface area contributed by atoms with Crippen LogP contribution >= 0.6 is 0 Å². The van der Waals surface area contributed by atoms with Gasteiger partial charge in [-0.2, -0.15) is 17.5 Å². The van der Waals surface area contributed by atoms with E-state index >= 15 is 0 Å². The zero-order valence-corrected chi connectivity index (χ0v) is 16.9. The van der Waals surface area contributed by atoms with Crippen LogP contribution in [0.1, 0.15) is 25.5 Å². The summed E-state index contributed by atoms with van der Waals surface area (Å²) in [6, 6.07) is 3.88. The summed E-state index contributed by atoms with van der Waals surface area (Å²) >= 11 is 0. The molecule has 0 amide bonds. The molecule has 0 spiro atoms. The summed E-state index contributed by atoms with van der Waals surface area (Å²) in [7, 11) is -3.33. The molecule has 7 nitrogen and oxygen atoms in total. The van der Waals surface area contributed by atoms with E-state index in [1.54, 1.807) is 24.0 Å². The van der Waals surface area contributed by atoms with Crippen LogP contribution in [0.15, 0.2) is 30.6 Å². The Hall–Kier alpha value is -2.27. The topological polar surface area (TPSA) is 79.3 Å². The number of alkyl halides is 3. The van der Waals surface area contributed by atoms with Gasteiger partial charge in [0.15, 0.2) is 11.5 Å². The second-order valence-electron chi connectivity index (χ2n) is 6.85. The van der Waals surface area contributed by atoms with Gasteiger partial charge in [0.05, 0.1) is 6.26 Å². The van der Waals surface area contributed by atoms with Crippen molar-refractivity contribution in [2.24, 2.45) is 0 Å². The zero-order chi connectivity index (χ0) is 21.2. The molecule has 3 rings (SSSR count). The lowest BCUT2D eigenvalue weighted by atomic mass is 10.0. The highest BCUT2D eigenvalue weighted by Crippen LogP contribution is 2.32. The molecule has 1 saturated heterocycles. The van der Waals surface area contributed by atoms with Gasteiger partial charge in [-0.05, 0) is 25.0 Å². The van der Waals surface area contributed by atoms with Gasteiger partial charge in [0.2, 0.25) is 10.0 Å². The van der Waals surface area contributed by atoms with E-state index in [-0.39, 0.29) is 17.7 Å². The van der Waals surface area contributed by atoms with Gasteiger partial charge < -0.3 is 4.90 Å². The lowest BCUT2D eigenvalue weighted by Gasteiger charge is -2.37. The van der Waals surface area contributed by atoms with E-state index in [1.165, 1.54) is 23.0 Å². The average Bonchev–Trinajstić information content (AvgIpc) is 2.68. The fourth-order valence-corrected chi connectivity index (χ4v) is 4.74. The van der Waals surface area contributed by atoms with Crippen molar-refractivity contribution in [1.29, 1.82) is 0 Å². The molecular weight excluding hydrogens is 407 g/mol. The summed E-state index contributed by atoms with van der Waals surface area (Å²) in [6.45, 7) is 2.94. The Morgan fingerprint density at radius 1 is 1.17 bits per heavy atom. The van der Waals surface area contributed by atoms with Gasteiger partial charge in [-0.1, -0.05) is 6.92 Å². The number of halogens is 3. The van der Waals surface area contributed by atoms with Crippen molar-refractivity contribution in [2.75, 3.05) is 30.8 Å². The number of pyridine rings is 1. The maximum atomic E-state index is 13.4. The minimum absolute atomic E-state index is 0.0225. The lowest BCUT2D eigenvalue weighted by molar-refractivity contribution is -0.141. The second kappa shape index (κ2) is 8.23. The van der Waals surface area contributed by atoms with Crippen molar-refractivity contribution in [3.63, 3.8) is 0 Å². The summed E-state index contributed by atoms with van der Waals surface area (Å²) in [4.78, 5) is 13.6. The van der Waals surface area contributed by atoms with Crippen molar-refractivity contribution < 1.29 is 21.6 Å². The van der Waals surface area contributed by atoms with Gasteiger partial charge in [0, 0.05) is 49.7 Å². The fourth-order valence-electron chi connectivity index (χ4n) is 3.52. The Balaban J connectivity index is 1.88. The van der Waals surface area contributed by atoms with Gasteiger partial charge in [-0.25, -0.2) is 18.4 Å². The summed E-state index contributed by atoms with van der Waals surface area (Å²) in [5, 5.41) is 0. The number of aromatic nitrogens is 3.